The number of carbonyl (C=O) groups excluding carboxylic acids is 1. The van der Waals surface area contributed by atoms with Gasteiger partial charge in [-0.15, -0.1) is 0 Å². The number of methoxy groups -OCH3 is 1. The Morgan fingerprint density at radius 2 is 2.33 bits per heavy atom. The van der Waals surface area contributed by atoms with Gasteiger partial charge in [0.2, 0.25) is 0 Å². The van der Waals surface area contributed by atoms with Crippen LogP contribution in [0.5, 0.6) is 0 Å². The lowest BCUT2D eigenvalue weighted by molar-refractivity contribution is -0.147. The lowest BCUT2D eigenvalue weighted by Crippen LogP contribution is -2.38. The topological polar surface area (TPSA) is 42.4 Å². The van der Waals surface area contributed by atoms with Gasteiger partial charge in [-0.1, -0.05) is 25.8 Å². The van der Waals surface area contributed by atoms with Crippen LogP contribution in [-0.4, -0.2) is 36.1 Å². The molecule has 1 aromatic heterocycles. The maximum absolute atomic E-state index is 11.8. The molecule has 0 aromatic carbocycles. The Morgan fingerprint density at radius 3 is 2.89 bits per heavy atom. The lowest BCUT2D eigenvalue weighted by Gasteiger charge is -2.25. The van der Waals surface area contributed by atoms with Gasteiger partial charge >= 0.3 is 5.97 Å². The fourth-order valence-corrected chi connectivity index (χ4v) is 1.94. The number of pyridine rings is 1. The zero-order valence-corrected chi connectivity index (χ0v) is 11.4. The van der Waals surface area contributed by atoms with E-state index in [1.54, 1.807) is 6.20 Å². The van der Waals surface area contributed by atoms with E-state index in [4.69, 9.17) is 4.74 Å². The zero-order chi connectivity index (χ0) is 13.4. The number of rotatable bonds is 7. The first-order valence-corrected chi connectivity index (χ1v) is 6.36. The average Bonchev–Trinajstić information content (AvgIpc) is 2.40. The van der Waals surface area contributed by atoms with Crippen molar-refractivity contribution in [2.45, 2.75) is 38.8 Å². The quantitative estimate of drug-likeness (QED) is 0.696. The second-order valence-electron chi connectivity index (χ2n) is 4.46. The number of aromatic nitrogens is 1. The number of nitrogens with zero attached hydrogens (tertiary/aromatic N) is 2. The van der Waals surface area contributed by atoms with Crippen molar-refractivity contribution < 1.29 is 9.53 Å². The van der Waals surface area contributed by atoms with Crippen LogP contribution in [0.2, 0.25) is 0 Å². The Morgan fingerprint density at radius 1 is 1.56 bits per heavy atom. The molecule has 1 atom stereocenters. The molecule has 0 saturated carbocycles. The van der Waals surface area contributed by atoms with Crippen molar-refractivity contribution in [1.29, 1.82) is 0 Å². The lowest BCUT2D eigenvalue weighted by atomic mass is 10.1. The molecule has 1 aromatic rings. The van der Waals surface area contributed by atoms with E-state index in [1.807, 2.05) is 30.3 Å². The minimum Gasteiger partial charge on any atom is -0.468 e. The Kier molecular flexibility index (Phi) is 6.36. The highest BCUT2D eigenvalue weighted by Crippen LogP contribution is 2.12. The first-order chi connectivity index (χ1) is 8.69. The summed E-state index contributed by atoms with van der Waals surface area (Å²) in [7, 11) is 3.39. The summed E-state index contributed by atoms with van der Waals surface area (Å²) in [5.74, 6) is -0.158. The Hall–Kier alpha value is -1.42. The van der Waals surface area contributed by atoms with Crippen LogP contribution in [0.3, 0.4) is 0 Å². The van der Waals surface area contributed by atoms with Crippen molar-refractivity contribution in [3.63, 3.8) is 0 Å². The van der Waals surface area contributed by atoms with Crippen LogP contribution in [0.25, 0.3) is 0 Å². The molecule has 0 fully saturated rings. The van der Waals surface area contributed by atoms with E-state index in [2.05, 4.69) is 11.9 Å². The summed E-state index contributed by atoms with van der Waals surface area (Å²) in [6.07, 6.45) is 6.51. The standard InChI is InChI=1S/C14H22N2O2/c1-4-5-8-13(14(17)18-3)16(2)11-12-7-6-9-15-10-12/h6-7,9-10,13H,4-5,8,11H2,1-3H3. The van der Waals surface area contributed by atoms with Gasteiger partial charge in [-0.2, -0.15) is 0 Å². The van der Waals surface area contributed by atoms with Crippen LogP contribution < -0.4 is 0 Å². The summed E-state index contributed by atoms with van der Waals surface area (Å²) in [6.45, 7) is 2.83. The minimum absolute atomic E-state index is 0.158. The molecule has 0 bridgehead atoms. The molecule has 1 unspecified atom stereocenters. The molecule has 0 aliphatic heterocycles. The van der Waals surface area contributed by atoms with Crippen LogP contribution >= 0.6 is 0 Å². The van der Waals surface area contributed by atoms with Gasteiger partial charge in [0.15, 0.2) is 0 Å². The van der Waals surface area contributed by atoms with Gasteiger partial charge in [-0.05, 0) is 25.1 Å². The fourth-order valence-electron chi connectivity index (χ4n) is 1.94. The van der Waals surface area contributed by atoms with Crippen molar-refractivity contribution in [2.24, 2.45) is 0 Å². The number of hydrogen-bond acceptors (Lipinski definition) is 4. The minimum atomic E-state index is -0.171. The van der Waals surface area contributed by atoms with E-state index in [-0.39, 0.29) is 12.0 Å². The molecular formula is C14H22N2O2. The van der Waals surface area contributed by atoms with Crippen molar-refractivity contribution in [3.05, 3.63) is 30.1 Å². The normalized spacial score (nSPS) is 12.4. The van der Waals surface area contributed by atoms with Crippen molar-refractivity contribution >= 4 is 5.97 Å². The largest absolute Gasteiger partial charge is 0.468 e. The third kappa shape index (κ3) is 4.45. The fraction of sp³-hybridized carbons (Fsp3) is 0.571. The van der Waals surface area contributed by atoms with Crippen molar-refractivity contribution in [1.82, 2.24) is 9.88 Å². The molecule has 18 heavy (non-hydrogen) atoms. The summed E-state index contributed by atoms with van der Waals surface area (Å²) >= 11 is 0. The molecule has 0 amide bonds. The van der Waals surface area contributed by atoms with Crippen LogP contribution in [0, 0.1) is 0 Å². The molecule has 0 spiro atoms. The smallest absolute Gasteiger partial charge is 0.323 e. The highest BCUT2D eigenvalue weighted by atomic mass is 16.5. The molecule has 0 saturated heterocycles. The molecule has 0 N–H and O–H groups in total. The number of ether oxygens (including phenoxy) is 1. The van der Waals surface area contributed by atoms with Gasteiger partial charge < -0.3 is 4.74 Å². The van der Waals surface area contributed by atoms with E-state index in [9.17, 15) is 4.79 Å². The maximum atomic E-state index is 11.8. The van der Waals surface area contributed by atoms with E-state index in [0.29, 0.717) is 6.54 Å². The Bertz CT molecular complexity index is 354. The highest BCUT2D eigenvalue weighted by molar-refractivity contribution is 5.75. The molecule has 1 heterocycles. The van der Waals surface area contributed by atoms with E-state index in [0.717, 1.165) is 24.8 Å². The predicted molar refractivity (Wildman–Crippen MR) is 71.0 cm³/mol. The second kappa shape index (κ2) is 7.82. The zero-order valence-electron chi connectivity index (χ0n) is 11.4. The van der Waals surface area contributed by atoms with E-state index < -0.39 is 0 Å². The van der Waals surface area contributed by atoms with Crippen LogP contribution in [0.1, 0.15) is 31.7 Å². The third-order valence-electron chi connectivity index (χ3n) is 2.99. The summed E-state index contributed by atoms with van der Waals surface area (Å²) in [5.41, 5.74) is 1.10. The van der Waals surface area contributed by atoms with Gasteiger partial charge in [-0.25, -0.2) is 0 Å². The van der Waals surface area contributed by atoms with Crippen LogP contribution in [0.4, 0.5) is 0 Å². The maximum Gasteiger partial charge on any atom is 0.323 e. The monoisotopic (exact) mass is 250 g/mol. The number of carbonyl (C=O) groups is 1. The SMILES string of the molecule is CCCCC(C(=O)OC)N(C)Cc1cccnc1. The number of likely N-dealkylation sites (N-methyl/N-ethyl adjacent to an activating group) is 1. The summed E-state index contributed by atoms with van der Waals surface area (Å²) in [4.78, 5) is 17.9. The molecule has 0 aliphatic rings. The van der Waals surface area contributed by atoms with Gasteiger partial charge in [0.05, 0.1) is 7.11 Å². The molecule has 1 rings (SSSR count). The molecule has 100 valence electrons. The number of unbranched alkanes of at least 4 members (excludes halogenated alkanes) is 1. The first-order valence-electron chi connectivity index (χ1n) is 6.36. The van der Waals surface area contributed by atoms with E-state index >= 15 is 0 Å². The molecule has 4 heteroatoms. The molecule has 0 aliphatic carbocycles. The predicted octanol–water partition coefficient (Wildman–Crippen LogP) is 2.25. The van der Waals surface area contributed by atoms with Crippen LogP contribution in [0.15, 0.2) is 24.5 Å². The van der Waals surface area contributed by atoms with Crippen LogP contribution in [-0.2, 0) is 16.1 Å². The number of esters is 1. The summed E-state index contributed by atoms with van der Waals surface area (Å²) < 4.78 is 4.87. The van der Waals surface area contributed by atoms with Gasteiger partial charge in [0.25, 0.3) is 0 Å². The van der Waals surface area contributed by atoms with E-state index in [1.165, 1.54) is 7.11 Å². The molecule has 0 radical (unpaired) electrons. The molecular weight excluding hydrogens is 228 g/mol. The average molecular weight is 250 g/mol. The molecule has 4 nitrogen and oxygen atoms in total. The van der Waals surface area contributed by atoms with Gasteiger partial charge in [0, 0.05) is 18.9 Å². The third-order valence-corrected chi connectivity index (χ3v) is 2.99. The summed E-state index contributed by atoms with van der Waals surface area (Å²) in [6, 6.07) is 3.75. The second-order valence-corrected chi connectivity index (χ2v) is 4.46. The van der Waals surface area contributed by atoms with Gasteiger partial charge in [0.1, 0.15) is 6.04 Å². The van der Waals surface area contributed by atoms with Crippen molar-refractivity contribution in [2.75, 3.05) is 14.2 Å². The highest BCUT2D eigenvalue weighted by Gasteiger charge is 2.23. The summed E-state index contributed by atoms with van der Waals surface area (Å²) in [5, 5.41) is 0. The number of hydrogen-bond donors (Lipinski definition) is 0. The van der Waals surface area contributed by atoms with Gasteiger partial charge in [-0.3, -0.25) is 14.7 Å². The first kappa shape index (κ1) is 14.6. The van der Waals surface area contributed by atoms with Crippen molar-refractivity contribution in [3.8, 4) is 0 Å². The Balaban J connectivity index is 2.63. The Labute approximate surface area is 109 Å².